The van der Waals surface area contributed by atoms with E-state index in [4.69, 9.17) is 4.74 Å². The molecule has 3 N–H and O–H groups in total. The van der Waals surface area contributed by atoms with Crippen molar-refractivity contribution >= 4 is 53.0 Å². The zero-order chi connectivity index (χ0) is 47.5. The SMILES string of the molecule is CCCCCCCCCCC(C)SC(SC(C)CCCCCCCCCC)C(SC(C)CCCCCCCCCC)(SC(C)CCCCCCCCCC)C(=O)OC[C@H](O)[C@H](O)CO. The van der Waals surface area contributed by atoms with Crippen LogP contribution in [-0.2, 0) is 9.53 Å². The number of aliphatic hydroxyl groups is 3. The number of hydrogen-bond donors (Lipinski definition) is 3. The molecule has 5 nitrogen and oxygen atoms in total. The van der Waals surface area contributed by atoms with Gasteiger partial charge in [-0.15, -0.1) is 47.0 Å². The highest BCUT2D eigenvalue weighted by molar-refractivity contribution is 8.25. The van der Waals surface area contributed by atoms with Crippen molar-refractivity contribution in [1.82, 2.24) is 0 Å². The van der Waals surface area contributed by atoms with Gasteiger partial charge >= 0.3 is 5.97 Å². The maximum absolute atomic E-state index is 15.2. The maximum atomic E-state index is 15.2. The first kappa shape index (κ1) is 64.8. The second-order valence-electron chi connectivity index (χ2n) is 19.7. The van der Waals surface area contributed by atoms with Gasteiger partial charge in [-0.1, -0.05) is 261 Å². The third kappa shape index (κ3) is 35.8. The lowest BCUT2D eigenvalue weighted by atomic mass is 10.1. The summed E-state index contributed by atoms with van der Waals surface area (Å²) in [5.74, 6) is -0.263. The number of thioether (sulfide) groups is 4. The second kappa shape index (κ2) is 46.2. The fraction of sp³-hybridized carbons (Fsp3) is 0.982. The molecule has 0 aromatic heterocycles. The van der Waals surface area contributed by atoms with Crippen molar-refractivity contribution in [3.05, 3.63) is 0 Å². The number of carbonyl (C=O) groups is 1. The molecular formula is C55H110O5S4. The molecule has 9 heteroatoms. The van der Waals surface area contributed by atoms with Crippen molar-refractivity contribution in [2.24, 2.45) is 0 Å². The third-order valence-electron chi connectivity index (χ3n) is 12.9. The van der Waals surface area contributed by atoms with Gasteiger partial charge in [0.25, 0.3) is 0 Å². The van der Waals surface area contributed by atoms with Crippen LogP contribution in [0.2, 0.25) is 0 Å². The Balaban J connectivity index is 6.62. The van der Waals surface area contributed by atoms with Crippen molar-refractivity contribution in [3.8, 4) is 0 Å². The summed E-state index contributed by atoms with van der Waals surface area (Å²) in [6.45, 7) is 17.7. The quantitative estimate of drug-likeness (QED) is 0.0313. The number of carbonyl (C=O) groups excluding carboxylic acids is 1. The van der Waals surface area contributed by atoms with Crippen LogP contribution in [-0.4, -0.2) is 76.4 Å². The number of unbranched alkanes of at least 4 members (excludes halogenated alkanes) is 28. The smallest absolute Gasteiger partial charge is 0.334 e. The van der Waals surface area contributed by atoms with E-state index in [1.54, 1.807) is 0 Å². The summed E-state index contributed by atoms with van der Waals surface area (Å²) in [6, 6.07) is 0. The van der Waals surface area contributed by atoms with Crippen LogP contribution < -0.4 is 0 Å². The molecule has 0 heterocycles. The van der Waals surface area contributed by atoms with Crippen LogP contribution in [0.1, 0.15) is 287 Å². The summed E-state index contributed by atoms with van der Waals surface area (Å²) in [6.07, 6.45) is 43.3. The number of rotatable bonds is 50. The lowest BCUT2D eigenvalue weighted by molar-refractivity contribution is -0.149. The molecule has 0 bridgehead atoms. The van der Waals surface area contributed by atoms with Crippen molar-refractivity contribution < 1.29 is 24.9 Å². The average Bonchev–Trinajstić information content (AvgIpc) is 3.28. The van der Waals surface area contributed by atoms with E-state index in [1.807, 2.05) is 47.0 Å². The summed E-state index contributed by atoms with van der Waals surface area (Å²) in [7, 11) is 0. The molecule has 0 aliphatic carbocycles. The first-order chi connectivity index (χ1) is 31.0. The topological polar surface area (TPSA) is 87.0 Å². The van der Waals surface area contributed by atoms with E-state index >= 15 is 4.79 Å². The minimum atomic E-state index is -1.35. The highest BCUT2D eigenvalue weighted by Crippen LogP contribution is 2.56. The lowest BCUT2D eigenvalue weighted by Gasteiger charge is -2.42. The molecule has 0 saturated heterocycles. The highest BCUT2D eigenvalue weighted by Gasteiger charge is 2.52. The van der Waals surface area contributed by atoms with Gasteiger partial charge in [0.15, 0.2) is 4.08 Å². The standard InChI is InChI=1S/C55H110O5S4/c1-9-13-17-21-25-29-33-37-41-47(5)61-54(62-48(6)42-38-34-30-26-22-18-14-10-2)55(53(59)60-46-52(58)51(57)45-56,63-49(7)43-39-35-31-27-23-19-15-11-3)64-50(8)44-40-36-32-28-24-20-16-12-4/h47-52,54,56-58H,9-46H2,1-8H3/t47?,48?,49?,50?,51-,52+,54?,55?/m1/s1. The minimum Gasteiger partial charge on any atom is -0.461 e. The van der Waals surface area contributed by atoms with Crippen LogP contribution in [0.4, 0.5) is 0 Å². The van der Waals surface area contributed by atoms with Gasteiger partial charge in [-0.3, -0.25) is 0 Å². The molecule has 0 aromatic rings. The molecule has 0 saturated carbocycles. The van der Waals surface area contributed by atoms with Gasteiger partial charge in [-0.2, -0.15) is 0 Å². The Labute approximate surface area is 417 Å². The van der Waals surface area contributed by atoms with Crippen LogP contribution in [0.25, 0.3) is 0 Å². The molecule has 0 spiro atoms. The summed E-state index contributed by atoms with van der Waals surface area (Å²) in [4.78, 5) is 15.2. The molecule has 0 fully saturated rings. The van der Waals surface area contributed by atoms with Gasteiger partial charge in [0.05, 0.1) is 11.2 Å². The van der Waals surface area contributed by atoms with Gasteiger partial charge in [-0.05, 0) is 25.7 Å². The number of ether oxygens (including phenoxy) is 1. The average molecular weight is 980 g/mol. The van der Waals surface area contributed by atoms with Gasteiger partial charge in [0, 0.05) is 21.0 Å². The highest BCUT2D eigenvalue weighted by atomic mass is 32.2. The van der Waals surface area contributed by atoms with Gasteiger partial charge in [-0.25, -0.2) is 4.79 Å². The molecule has 0 aliphatic heterocycles. The van der Waals surface area contributed by atoms with E-state index in [2.05, 4.69) is 55.4 Å². The normalized spacial score (nSPS) is 16.2. The number of hydrogen-bond acceptors (Lipinski definition) is 9. The van der Waals surface area contributed by atoms with E-state index in [-0.39, 0.29) is 27.7 Å². The number of aliphatic hydroxyl groups excluding tert-OH is 3. The fourth-order valence-corrected chi connectivity index (χ4v) is 16.8. The molecule has 0 radical (unpaired) electrons. The van der Waals surface area contributed by atoms with E-state index in [1.165, 1.54) is 205 Å². The van der Waals surface area contributed by atoms with Crippen LogP contribution in [0.3, 0.4) is 0 Å². The number of esters is 1. The van der Waals surface area contributed by atoms with Crippen LogP contribution in [0.15, 0.2) is 0 Å². The Hall–Kier alpha value is 0.750. The van der Waals surface area contributed by atoms with E-state index in [0.717, 1.165) is 25.7 Å². The molecule has 0 aliphatic rings. The summed E-state index contributed by atoms with van der Waals surface area (Å²) in [5.41, 5.74) is 0. The first-order valence-electron chi connectivity index (χ1n) is 27.8. The molecule has 384 valence electrons. The first-order valence-corrected chi connectivity index (χ1v) is 31.5. The van der Waals surface area contributed by atoms with Gasteiger partial charge in [0.1, 0.15) is 18.8 Å². The Kier molecular flexibility index (Phi) is 46.7. The second-order valence-corrected chi connectivity index (χ2v) is 26.7. The summed E-state index contributed by atoms with van der Waals surface area (Å²) in [5, 5.41) is 32.1. The predicted molar refractivity (Wildman–Crippen MR) is 294 cm³/mol. The Morgan fingerprint density at radius 1 is 0.422 bits per heavy atom. The molecule has 0 rings (SSSR count). The Morgan fingerprint density at radius 3 is 0.969 bits per heavy atom. The van der Waals surface area contributed by atoms with Crippen molar-refractivity contribution in [2.45, 2.75) is 328 Å². The van der Waals surface area contributed by atoms with Crippen LogP contribution in [0, 0.1) is 0 Å². The summed E-state index contributed by atoms with van der Waals surface area (Å²) >= 11 is 7.74. The third-order valence-corrected chi connectivity index (χ3v) is 20.2. The fourth-order valence-electron chi connectivity index (χ4n) is 8.57. The van der Waals surface area contributed by atoms with E-state index in [0.29, 0.717) is 10.5 Å². The zero-order valence-electron chi connectivity index (χ0n) is 43.7. The van der Waals surface area contributed by atoms with Gasteiger partial charge < -0.3 is 20.1 Å². The molecule has 0 amide bonds. The van der Waals surface area contributed by atoms with Crippen LogP contribution in [0.5, 0.6) is 0 Å². The van der Waals surface area contributed by atoms with Crippen molar-refractivity contribution in [2.75, 3.05) is 13.2 Å². The van der Waals surface area contributed by atoms with Crippen LogP contribution >= 0.6 is 47.0 Å². The molecular weight excluding hydrogens is 869 g/mol. The van der Waals surface area contributed by atoms with E-state index in [9.17, 15) is 15.3 Å². The molecule has 0 aromatic carbocycles. The molecule has 6 atom stereocenters. The monoisotopic (exact) mass is 979 g/mol. The minimum absolute atomic E-state index is 0.0370. The van der Waals surface area contributed by atoms with Crippen molar-refractivity contribution in [3.63, 3.8) is 0 Å². The Morgan fingerprint density at radius 2 is 0.688 bits per heavy atom. The largest absolute Gasteiger partial charge is 0.461 e. The summed E-state index contributed by atoms with van der Waals surface area (Å²) < 4.78 is 5.27. The molecule has 4 unspecified atom stereocenters. The predicted octanol–water partition coefficient (Wildman–Crippen LogP) is 17.9. The van der Waals surface area contributed by atoms with E-state index < -0.39 is 22.9 Å². The zero-order valence-corrected chi connectivity index (χ0v) is 47.0. The maximum Gasteiger partial charge on any atom is 0.334 e. The molecule has 64 heavy (non-hydrogen) atoms. The Bertz CT molecular complexity index is 934. The van der Waals surface area contributed by atoms with Gasteiger partial charge in [0.2, 0.25) is 0 Å². The van der Waals surface area contributed by atoms with Crippen molar-refractivity contribution in [1.29, 1.82) is 0 Å². The lowest BCUT2D eigenvalue weighted by Crippen LogP contribution is -2.47.